The normalized spacial score (nSPS) is 11.3. The topological polar surface area (TPSA) is 9.23 Å². The van der Waals surface area contributed by atoms with Crippen molar-refractivity contribution < 1.29 is 4.74 Å². The van der Waals surface area contributed by atoms with Crippen LogP contribution in [0, 0.1) is 6.92 Å². The van der Waals surface area contributed by atoms with Crippen LogP contribution in [-0.2, 0) is 0 Å². The number of hydrogen-bond donors (Lipinski definition) is 0. The van der Waals surface area contributed by atoms with Crippen LogP contribution in [-0.4, -0.2) is 5.60 Å². The first-order valence-corrected chi connectivity index (χ1v) is 4.23. The van der Waals surface area contributed by atoms with E-state index in [0.717, 1.165) is 5.75 Å². The summed E-state index contributed by atoms with van der Waals surface area (Å²) in [5, 5.41) is 0. The lowest BCUT2D eigenvalue weighted by molar-refractivity contribution is 0.131. The summed E-state index contributed by atoms with van der Waals surface area (Å²) in [6.45, 7) is 8.22. The molecule has 0 aliphatic carbocycles. The Kier molecular flexibility index (Phi) is 2.41. The fourth-order valence-electron chi connectivity index (χ4n) is 1.03. The van der Waals surface area contributed by atoms with Crippen molar-refractivity contribution in [3.05, 3.63) is 29.8 Å². The quantitative estimate of drug-likeness (QED) is 0.619. The van der Waals surface area contributed by atoms with Crippen molar-refractivity contribution in [1.82, 2.24) is 0 Å². The van der Waals surface area contributed by atoms with Gasteiger partial charge in [0.15, 0.2) is 0 Å². The van der Waals surface area contributed by atoms with Gasteiger partial charge in [-0.2, -0.15) is 0 Å². The highest BCUT2D eigenvalue weighted by Gasteiger charge is 2.10. The van der Waals surface area contributed by atoms with Gasteiger partial charge in [0, 0.05) is 0 Å². The monoisotopic (exact) mass is 164 g/mol. The second-order valence-corrected chi connectivity index (χ2v) is 4.03. The predicted octanol–water partition coefficient (Wildman–Crippen LogP) is 3.17. The molecule has 1 aromatic carbocycles. The maximum absolute atomic E-state index is 5.68. The van der Waals surface area contributed by atoms with Crippen molar-refractivity contribution in [2.75, 3.05) is 0 Å². The SMILES string of the molecule is Cc1cccc(OC(C)(C)C)c1. The maximum atomic E-state index is 5.68. The molecule has 0 aliphatic heterocycles. The molecule has 0 saturated carbocycles. The minimum atomic E-state index is -0.103. The van der Waals surface area contributed by atoms with Crippen LogP contribution in [0.25, 0.3) is 0 Å². The number of rotatable bonds is 1. The minimum Gasteiger partial charge on any atom is -0.488 e. The van der Waals surface area contributed by atoms with Crippen LogP contribution < -0.4 is 4.74 Å². The molecule has 1 heteroatoms. The average Bonchev–Trinajstić information content (AvgIpc) is 1.82. The largest absolute Gasteiger partial charge is 0.488 e. The van der Waals surface area contributed by atoms with Gasteiger partial charge >= 0.3 is 0 Å². The number of benzene rings is 1. The zero-order valence-corrected chi connectivity index (χ0v) is 8.22. The summed E-state index contributed by atoms with van der Waals surface area (Å²) in [5.41, 5.74) is 1.13. The summed E-state index contributed by atoms with van der Waals surface area (Å²) >= 11 is 0. The van der Waals surface area contributed by atoms with Crippen LogP contribution >= 0.6 is 0 Å². The molecule has 0 atom stereocenters. The third kappa shape index (κ3) is 2.95. The lowest BCUT2D eigenvalue weighted by Crippen LogP contribution is -2.22. The fraction of sp³-hybridized carbons (Fsp3) is 0.455. The maximum Gasteiger partial charge on any atom is 0.120 e. The molecule has 0 N–H and O–H groups in total. The molecule has 0 spiro atoms. The third-order valence-corrected chi connectivity index (χ3v) is 1.41. The van der Waals surface area contributed by atoms with Gasteiger partial charge in [-0.05, 0) is 45.4 Å². The van der Waals surface area contributed by atoms with Crippen LogP contribution in [0.3, 0.4) is 0 Å². The molecule has 0 radical (unpaired) electrons. The molecule has 0 aliphatic rings. The zero-order chi connectivity index (χ0) is 9.19. The third-order valence-electron chi connectivity index (χ3n) is 1.41. The van der Waals surface area contributed by atoms with Crippen LogP contribution in [0.1, 0.15) is 26.3 Å². The van der Waals surface area contributed by atoms with E-state index in [1.807, 2.05) is 18.2 Å². The van der Waals surface area contributed by atoms with E-state index in [1.54, 1.807) is 0 Å². The molecule has 0 unspecified atom stereocenters. The highest BCUT2D eigenvalue weighted by atomic mass is 16.5. The van der Waals surface area contributed by atoms with Gasteiger partial charge in [0.25, 0.3) is 0 Å². The van der Waals surface area contributed by atoms with E-state index in [1.165, 1.54) is 5.56 Å². The molecule has 12 heavy (non-hydrogen) atoms. The number of hydrogen-bond acceptors (Lipinski definition) is 1. The lowest BCUT2D eigenvalue weighted by atomic mass is 10.2. The molecule has 0 aromatic heterocycles. The summed E-state index contributed by atoms with van der Waals surface area (Å²) in [5.74, 6) is 0.947. The lowest BCUT2D eigenvalue weighted by Gasteiger charge is -2.21. The van der Waals surface area contributed by atoms with E-state index >= 15 is 0 Å². The highest BCUT2D eigenvalue weighted by molar-refractivity contribution is 5.27. The average molecular weight is 164 g/mol. The first-order chi connectivity index (χ1) is 5.47. The van der Waals surface area contributed by atoms with Gasteiger partial charge in [-0.25, -0.2) is 0 Å². The van der Waals surface area contributed by atoms with Gasteiger partial charge in [0.05, 0.1) is 0 Å². The Balaban J connectivity index is 2.77. The highest BCUT2D eigenvalue weighted by Crippen LogP contribution is 2.18. The van der Waals surface area contributed by atoms with Gasteiger partial charge in [-0.3, -0.25) is 0 Å². The second kappa shape index (κ2) is 3.18. The van der Waals surface area contributed by atoms with Crippen LogP contribution in [0.5, 0.6) is 5.75 Å². The first-order valence-electron chi connectivity index (χ1n) is 4.23. The van der Waals surface area contributed by atoms with Crippen LogP contribution in [0.2, 0.25) is 0 Å². The molecule has 1 nitrogen and oxygen atoms in total. The summed E-state index contributed by atoms with van der Waals surface area (Å²) in [6, 6.07) is 8.11. The van der Waals surface area contributed by atoms with Gasteiger partial charge in [0.2, 0.25) is 0 Å². The molecule has 1 rings (SSSR count). The Labute approximate surface area is 74.4 Å². The van der Waals surface area contributed by atoms with Gasteiger partial charge < -0.3 is 4.74 Å². The number of aryl methyl sites for hydroxylation is 1. The molecular weight excluding hydrogens is 148 g/mol. The summed E-state index contributed by atoms with van der Waals surface area (Å²) in [6.07, 6.45) is 0. The second-order valence-electron chi connectivity index (χ2n) is 4.03. The summed E-state index contributed by atoms with van der Waals surface area (Å²) < 4.78 is 5.68. The van der Waals surface area contributed by atoms with Crippen LogP contribution in [0.4, 0.5) is 0 Å². The summed E-state index contributed by atoms with van der Waals surface area (Å²) in [4.78, 5) is 0. The van der Waals surface area contributed by atoms with Crippen LogP contribution in [0.15, 0.2) is 24.3 Å². The molecule has 0 heterocycles. The van der Waals surface area contributed by atoms with E-state index in [2.05, 4.69) is 33.8 Å². The molecular formula is C11H16O. The molecule has 0 fully saturated rings. The van der Waals surface area contributed by atoms with E-state index in [0.29, 0.717) is 0 Å². The first kappa shape index (κ1) is 9.11. The Morgan fingerprint density at radius 1 is 1.17 bits per heavy atom. The molecule has 0 saturated heterocycles. The molecule has 0 amide bonds. The summed E-state index contributed by atoms with van der Waals surface area (Å²) in [7, 11) is 0. The van der Waals surface area contributed by atoms with E-state index in [-0.39, 0.29) is 5.60 Å². The fourth-order valence-corrected chi connectivity index (χ4v) is 1.03. The standard InChI is InChI=1S/C11H16O/c1-9-6-5-7-10(8-9)12-11(2,3)4/h5-8H,1-4H3. The Bertz CT molecular complexity index is 258. The smallest absolute Gasteiger partial charge is 0.120 e. The molecule has 0 bridgehead atoms. The van der Waals surface area contributed by atoms with Gasteiger partial charge in [0.1, 0.15) is 11.4 Å². The van der Waals surface area contributed by atoms with Crippen molar-refractivity contribution in [2.45, 2.75) is 33.3 Å². The van der Waals surface area contributed by atoms with Crippen molar-refractivity contribution in [1.29, 1.82) is 0 Å². The van der Waals surface area contributed by atoms with Crippen molar-refractivity contribution in [2.24, 2.45) is 0 Å². The van der Waals surface area contributed by atoms with Crippen molar-refractivity contribution >= 4 is 0 Å². The Hall–Kier alpha value is -0.980. The predicted molar refractivity (Wildman–Crippen MR) is 51.6 cm³/mol. The van der Waals surface area contributed by atoms with E-state index in [4.69, 9.17) is 4.74 Å². The van der Waals surface area contributed by atoms with Gasteiger partial charge in [-0.15, -0.1) is 0 Å². The molecule has 66 valence electrons. The van der Waals surface area contributed by atoms with Crippen molar-refractivity contribution in [3.8, 4) is 5.75 Å². The Morgan fingerprint density at radius 3 is 2.33 bits per heavy atom. The Morgan fingerprint density at radius 2 is 1.83 bits per heavy atom. The van der Waals surface area contributed by atoms with E-state index < -0.39 is 0 Å². The van der Waals surface area contributed by atoms with Crippen molar-refractivity contribution in [3.63, 3.8) is 0 Å². The zero-order valence-electron chi connectivity index (χ0n) is 8.22. The van der Waals surface area contributed by atoms with E-state index in [9.17, 15) is 0 Å². The minimum absolute atomic E-state index is 0.103. The number of ether oxygens (including phenoxy) is 1. The molecule has 1 aromatic rings. The van der Waals surface area contributed by atoms with Gasteiger partial charge in [-0.1, -0.05) is 12.1 Å².